The Morgan fingerprint density at radius 2 is 2.00 bits per heavy atom. The highest BCUT2D eigenvalue weighted by Crippen LogP contribution is 2.16. The van der Waals surface area contributed by atoms with E-state index in [1.807, 2.05) is 30.3 Å². The zero-order chi connectivity index (χ0) is 12.7. The van der Waals surface area contributed by atoms with Gasteiger partial charge in [0.25, 0.3) is 0 Å². The molecule has 0 aliphatic heterocycles. The fraction of sp³-hybridized carbons (Fsp3) is 0.462. The van der Waals surface area contributed by atoms with Crippen LogP contribution in [0.3, 0.4) is 0 Å². The zero-order valence-electron chi connectivity index (χ0n) is 10.4. The second-order valence-electron chi connectivity index (χ2n) is 4.56. The van der Waals surface area contributed by atoms with Crippen LogP contribution in [0.4, 0.5) is 0 Å². The lowest BCUT2D eigenvalue weighted by molar-refractivity contribution is 0.315. The van der Waals surface area contributed by atoms with Crippen molar-refractivity contribution in [2.45, 2.75) is 26.3 Å². The first kappa shape index (κ1) is 13.5. The summed E-state index contributed by atoms with van der Waals surface area (Å²) in [4.78, 5) is 0. The number of rotatable bonds is 6. The minimum atomic E-state index is 0.0921. The van der Waals surface area contributed by atoms with E-state index >= 15 is 0 Å². The van der Waals surface area contributed by atoms with E-state index in [2.05, 4.69) is 24.3 Å². The van der Waals surface area contributed by atoms with Gasteiger partial charge in [0, 0.05) is 12.5 Å². The lowest BCUT2D eigenvalue weighted by Crippen LogP contribution is -2.29. The Hall–Kier alpha value is -1.55. The maximum Gasteiger partial charge on any atom is 0.141 e. The van der Waals surface area contributed by atoms with Gasteiger partial charge in [-0.3, -0.25) is 0 Å². The van der Waals surface area contributed by atoms with Crippen LogP contribution in [0.5, 0.6) is 0 Å². The standard InChI is InChI=1S/C13H21N3O/c1-10(2)9-15-12(8-13(14)16-17)11-6-4-3-5-7-11/h3-7,10,12,15,17H,8-9H2,1-2H3,(H2,14,16). The van der Waals surface area contributed by atoms with Gasteiger partial charge in [0.05, 0.1) is 0 Å². The summed E-state index contributed by atoms with van der Waals surface area (Å²) in [7, 11) is 0. The van der Waals surface area contributed by atoms with Gasteiger partial charge in [0.2, 0.25) is 0 Å². The molecule has 4 nitrogen and oxygen atoms in total. The molecule has 4 heteroatoms. The van der Waals surface area contributed by atoms with Crippen molar-refractivity contribution >= 4 is 5.84 Å². The molecule has 0 radical (unpaired) electrons. The molecule has 1 aromatic carbocycles. The molecular weight excluding hydrogens is 214 g/mol. The summed E-state index contributed by atoms with van der Waals surface area (Å²) in [5.74, 6) is 0.809. The smallest absolute Gasteiger partial charge is 0.141 e. The summed E-state index contributed by atoms with van der Waals surface area (Å²) in [5, 5.41) is 15.1. The summed E-state index contributed by atoms with van der Waals surface area (Å²) in [6.07, 6.45) is 0.507. The third-order valence-electron chi connectivity index (χ3n) is 2.52. The average Bonchev–Trinajstić information content (AvgIpc) is 2.35. The first-order valence-corrected chi connectivity index (χ1v) is 5.88. The highest BCUT2D eigenvalue weighted by Gasteiger charge is 2.13. The second-order valence-corrected chi connectivity index (χ2v) is 4.56. The Bertz CT molecular complexity index is 349. The van der Waals surface area contributed by atoms with Crippen LogP contribution in [0, 0.1) is 5.92 Å². The maximum atomic E-state index is 8.64. The van der Waals surface area contributed by atoms with E-state index in [-0.39, 0.29) is 11.9 Å². The summed E-state index contributed by atoms with van der Waals surface area (Å²) in [6.45, 7) is 5.20. The van der Waals surface area contributed by atoms with Gasteiger partial charge >= 0.3 is 0 Å². The van der Waals surface area contributed by atoms with Gasteiger partial charge in [-0.25, -0.2) is 0 Å². The van der Waals surface area contributed by atoms with Crippen LogP contribution in [-0.4, -0.2) is 17.6 Å². The van der Waals surface area contributed by atoms with Crippen LogP contribution in [0.2, 0.25) is 0 Å². The molecule has 1 rings (SSSR count). The number of nitrogens with zero attached hydrogens (tertiary/aromatic N) is 1. The second kappa shape index (κ2) is 6.91. The van der Waals surface area contributed by atoms with Crippen molar-refractivity contribution < 1.29 is 5.21 Å². The van der Waals surface area contributed by atoms with Gasteiger partial charge in [-0.05, 0) is 18.0 Å². The molecule has 4 N–H and O–H groups in total. The van der Waals surface area contributed by atoms with Crippen LogP contribution in [0.15, 0.2) is 35.5 Å². The number of amidine groups is 1. The molecule has 94 valence electrons. The molecule has 0 amide bonds. The van der Waals surface area contributed by atoms with Crippen molar-refractivity contribution in [3.05, 3.63) is 35.9 Å². The van der Waals surface area contributed by atoms with E-state index in [1.165, 1.54) is 0 Å². The highest BCUT2D eigenvalue weighted by molar-refractivity contribution is 5.80. The molecule has 0 aliphatic carbocycles. The van der Waals surface area contributed by atoms with E-state index in [0.717, 1.165) is 12.1 Å². The average molecular weight is 235 g/mol. The fourth-order valence-electron chi connectivity index (χ4n) is 1.62. The molecule has 0 aliphatic rings. The van der Waals surface area contributed by atoms with Gasteiger partial charge in [0.1, 0.15) is 5.84 Å². The van der Waals surface area contributed by atoms with Gasteiger partial charge in [0.15, 0.2) is 0 Å². The third kappa shape index (κ3) is 4.87. The minimum absolute atomic E-state index is 0.0921. The third-order valence-corrected chi connectivity index (χ3v) is 2.52. The molecule has 0 saturated heterocycles. The molecule has 0 aromatic heterocycles. The Kier molecular flexibility index (Phi) is 5.49. The van der Waals surface area contributed by atoms with Gasteiger partial charge in [-0.15, -0.1) is 0 Å². The van der Waals surface area contributed by atoms with E-state index < -0.39 is 0 Å². The minimum Gasteiger partial charge on any atom is -0.409 e. The molecule has 0 bridgehead atoms. The van der Waals surface area contributed by atoms with Crippen LogP contribution < -0.4 is 11.1 Å². The Balaban J connectivity index is 2.72. The maximum absolute atomic E-state index is 8.64. The lowest BCUT2D eigenvalue weighted by atomic mass is 10.0. The normalized spacial score (nSPS) is 13.9. The monoisotopic (exact) mass is 235 g/mol. The molecule has 0 fully saturated rings. The SMILES string of the molecule is CC(C)CNC(C/C(N)=N/O)c1ccccc1. The summed E-state index contributed by atoms with van der Waals surface area (Å²) < 4.78 is 0. The van der Waals surface area contributed by atoms with E-state index in [4.69, 9.17) is 10.9 Å². The first-order chi connectivity index (χ1) is 8.13. The number of hydrogen-bond donors (Lipinski definition) is 3. The molecule has 0 saturated carbocycles. The van der Waals surface area contributed by atoms with Crippen molar-refractivity contribution in [2.75, 3.05) is 6.54 Å². The van der Waals surface area contributed by atoms with Crippen molar-refractivity contribution in [1.29, 1.82) is 0 Å². The number of nitrogens with two attached hydrogens (primary N) is 1. The number of oxime groups is 1. The molecule has 1 atom stereocenters. The van der Waals surface area contributed by atoms with Crippen LogP contribution in [0.1, 0.15) is 31.9 Å². The van der Waals surface area contributed by atoms with Gasteiger partial charge in [-0.2, -0.15) is 0 Å². The fourth-order valence-corrected chi connectivity index (χ4v) is 1.62. The highest BCUT2D eigenvalue weighted by atomic mass is 16.4. The van der Waals surface area contributed by atoms with Crippen LogP contribution in [-0.2, 0) is 0 Å². The molecule has 0 spiro atoms. The van der Waals surface area contributed by atoms with E-state index in [9.17, 15) is 0 Å². The molecule has 1 aromatic rings. The summed E-state index contributed by atoms with van der Waals surface area (Å²) >= 11 is 0. The molecule has 1 unspecified atom stereocenters. The van der Waals surface area contributed by atoms with Crippen molar-refractivity contribution in [3.63, 3.8) is 0 Å². The predicted molar refractivity (Wildman–Crippen MR) is 70.0 cm³/mol. The largest absolute Gasteiger partial charge is 0.409 e. The van der Waals surface area contributed by atoms with E-state index in [1.54, 1.807) is 0 Å². The number of hydrogen-bond acceptors (Lipinski definition) is 3. The predicted octanol–water partition coefficient (Wildman–Crippen LogP) is 2.11. The van der Waals surface area contributed by atoms with Crippen LogP contribution >= 0.6 is 0 Å². The molecular formula is C13H21N3O. The number of benzene rings is 1. The van der Waals surface area contributed by atoms with E-state index in [0.29, 0.717) is 12.3 Å². The van der Waals surface area contributed by atoms with Crippen molar-refractivity contribution in [3.8, 4) is 0 Å². The Labute approximate surface area is 103 Å². The Morgan fingerprint density at radius 3 is 2.53 bits per heavy atom. The molecule has 0 heterocycles. The summed E-state index contributed by atoms with van der Waals surface area (Å²) in [5.41, 5.74) is 6.73. The lowest BCUT2D eigenvalue weighted by Gasteiger charge is -2.19. The Morgan fingerprint density at radius 1 is 1.35 bits per heavy atom. The van der Waals surface area contributed by atoms with Gasteiger partial charge in [-0.1, -0.05) is 49.3 Å². The first-order valence-electron chi connectivity index (χ1n) is 5.88. The quantitative estimate of drug-likeness (QED) is 0.306. The molecule has 17 heavy (non-hydrogen) atoms. The van der Waals surface area contributed by atoms with Gasteiger partial charge < -0.3 is 16.3 Å². The zero-order valence-corrected chi connectivity index (χ0v) is 10.4. The van der Waals surface area contributed by atoms with Crippen molar-refractivity contribution in [1.82, 2.24) is 5.32 Å². The topological polar surface area (TPSA) is 70.6 Å². The van der Waals surface area contributed by atoms with Crippen LogP contribution in [0.25, 0.3) is 0 Å². The number of nitrogens with one attached hydrogen (secondary N) is 1. The van der Waals surface area contributed by atoms with Crippen molar-refractivity contribution in [2.24, 2.45) is 16.8 Å². The summed E-state index contributed by atoms with van der Waals surface area (Å²) in [6, 6.07) is 10.1.